The molecule has 0 aliphatic carbocycles. The Morgan fingerprint density at radius 1 is 1.42 bits per heavy atom. The van der Waals surface area contributed by atoms with Gasteiger partial charge in [0.2, 0.25) is 0 Å². The van der Waals surface area contributed by atoms with Gasteiger partial charge < -0.3 is 10.5 Å². The molecule has 3 nitrogen and oxygen atoms in total. The van der Waals surface area contributed by atoms with Gasteiger partial charge in [0.05, 0.1) is 6.61 Å². The molecule has 0 saturated heterocycles. The Hall–Kier alpha value is -0.780. The van der Waals surface area contributed by atoms with Gasteiger partial charge >= 0.3 is 12.1 Å². The van der Waals surface area contributed by atoms with E-state index in [4.69, 9.17) is 5.73 Å². The van der Waals surface area contributed by atoms with E-state index in [0.29, 0.717) is 0 Å². The molecule has 2 N–H and O–H groups in total. The lowest BCUT2D eigenvalue weighted by molar-refractivity contribution is -0.199. The summed E-state index contributed by atoms with van der Waals surface area (Å²) in [6, 6.07) is 0. The third-order valence-electron chi connectivity index (χ3n) is 0.507. The molecule has 0 fully saturated rings. The maximum Gasteiger partial charge on any atom is 0.490 e. The summed E-state index contributed by atoms with van der Waals surface area (Å²) in [6.45, 7) is 3.71. The highest BCUT2D eigenvalue weighted by molar-refractivity contribution is 5.75. The number of rotatable bonds is 1. The molecule has 0 heterocycles. The zero-order valence-electron chi connectivity index (χ0n) is 6.94. The van der Waals surface area contributed by atoms with Crippen molar-refractivity contribution in [1.82, 2.24) is 0 Å². The lowest BCUT2D eigenvalue weighted by atomic mass is 10.7. The number of alkyl halides is 3. The second kappa shape index (κ2) is 6.90. The van der Waals surface area contributed by atoms with E-state index >= 15 is 0 Å². The summed E-state index contributed by atoms with van der Waals surface area (Å²) in [5.74, 6) is -2.13. The van der Waals surface area contributed by atoms with Gasteiger partial charge in [-0.3, -0.25) is 0 Å². The van der Waals surface area contributed by atoms with Crippen LogP contribution in [0.15, 0.2) is 0 Å². The Kier molecular flexibility index (Phi) is 7.93. The largest absolute Gasteiger partial charge is 0.490 e. The van der Waals surface area contributed by atoms with Crippen LogP contribution in [0.4, 0.5) is 13.2 Å². The first-order valence-electron chi connectivity index (χ1n) is 3.34. The maximum absolute atomic E-state index is 11.2. The fourth-order valence-corrected chi connectivity index (χ4v) is 0.213. The average molecular weight is 187 g/mol. The SMILES string of the molecule is CCN.CCOC(=O)C(F)(F)F. The third kappa shape index (κ3) is 9.22. The number of halogens is 3. The number of ether oxygens (including phenoxy) is 1. The van der Waals surface area contributed by atoms with Crippen molar-refractivity contribution in [3.05, 3.63) is 0 Å². The minimum Gasteiger partial charge on any atom is -0.459 e. The molecule has 0 saturated carbocycles. The van der Waals surface area contributed by atoms with E-state index < -0.39 is 12.1 Å². The zero-order chi connectivity index (χ0) is 10.2. The molecule has 0 bridgehead atoms. The topological polar surface area (TPSA) is 52.3 Å². The van der Waals surface area contributed by atoms with Gasteiger partial charge in [-0.15, -0.1) is 0 Å². The van der Waals surface area contributed by atoms with E-state index in [9.17, 15) is 18.0 Å². The Morgan fingerprint density at radius 2 is 1.75 bits per heavy atom. The molecule has 0 spiro atoms. The standard InChI is InChI=1S/C4H5F3O2.C2H7N/c1-2-9-3(8)4(5,6)7;1-2-3/h2H2,1H3;2-3H2,1H3. The van der Waals surface area contributed by atoms with Crippen LogP contribution >= 0.6 is 0 Å². The maximum atomic E-state index is 11.2. The molecule has 0 aromatic carbocycles. The van der Waals surface area contributed by atoms with Crippen molar-refractivity contribution in [2.45, 2.75) is 20.0 Å². The van der Waals surface area contributed by atoms with Gasteiger partial charge in [-0.1, -0.05) is 6.92 Å². The summed E-state index contributed by atoms with van der Waals surface area (Å²) in [4.78, 5) is 9.72. The van der Waals surface area contributed by atoms with Crippen molar-refractivity contribution in [3.8, 4) is 0 Å². The molecule has 0 rings (SSSR count). The van der Waals surface area contributed by atoms with Gasteiger partial charge in [0.15, 0.2) is 0 Å². The predicted octanol–water partition coefficient (Wildman–Crippen LogP) is 1.08. The van der Waals surface area contributed by atoms with Crippen LogP contribution in [0.2, 0.25) is 0 Å². The van der Waals surface area contributed by atoms with E-state index in [2.05, 4.69) is 4.74 Å². The lowest BCUT2D eigenvalue weighted by Gasteiger charge is -2.02. The van der Waals surface area contributed by atoms with Crippen molar-refractivity contribution in [2.24, 2.45) is 5.73 Å². The molecule has 0 aromatic rings. The lowest BCUT2D eigenvalue weighted by Crippen LogP contribution is -2.25. The second-order valence-electron chi connectivity index (χ2n) is 1.63. The first kappa shape index (κ1) is 13.8. The van der Waals surface area contributed by atoms with Crippen LogP contribution in [0.3, 0.4) is 0 Å². The van der Waals surface area contributed by atoms with Gasteiger partial charge in [-0.05, 0) is 13.5 Å². The van der Waals surface area contributed by atoms with Crippen LogP contribution < -0.4 is 5.73 Å². The molecular weight excluding hydrogens is 175 g/mol. The third-order valence-corrected chi connectivity index (χ3v) is 0.507. The van der Waals surface area contributed by atoms with Crippen LogP contribution in [0.1, 0.15) is 13.8 Å². The number of carbonyl (C=O) groups is 1. The molecule has 74 valence electrons. The van der Waals surface area contributed by atoms with Crippen LogP contribution in [0.25, 0.3) is 0 Å². The van der Waals surface area contributed by atoms with Crippen molar-refractivity contribution in [3.63, 3.8) is 0 Å². The minimum atomic E-state index is -4.85. The Bertz CT molecular complexity index is 124. The molecule has 0 aromatic heterocycles. The first-order valence-corrected chi connectivity index (χ1v) is 3.34. The van der Waals surface area contributed by atoms with E-state index in [-0.39, 0.29) is 6.61 Å². The van der Waals surface area contributed by atoms with E-state index in [1.54, 1.807) is 0 Å². The molecule has 12 heavy (non-hydrogen) atoms. The molecule has 0 amide bonds. The minimum absolute atomic E-state index is 0.252. The summed E-state index contributed by atoms with van der Waals surface area (Å²) >= 11 is 0. The van der Waals surface area contributed by atoms with Gasteiger partial charge in [0.1, 0.15) is 0 Å². The normalized spacial score (nSPS) is 9.83. The van der Waals surface area contributed by atoms with Gasteiger partial charge in [-0.2, -0.15) is 13.2 Å². The molecular formula is C6H12F3NO2. The fraction of sp³-hybridized carbons (Fsp3) is 0.833. The Labute approximate surface area is 68.7 Å². The molecule has 0 radical (unpaired) electrons. The number of nitrogens with two attached hydrogens (primary N) is 1. The number of esters is 1. The van der Waals surface area contributed by atoms with Crippen LogP contribution in [0.5, 0.6) is 0 Å². The summed E-state index contributed by atoms with van der Waals surface area (Å²) in [6.07, 6.45) is -4.85. The van der Waals surface area contributed by atoms with Crippen LogP contribution in [0, 0.1) is 0 Å². The number of carbonyl (C=O) groups excluding carboxylic acids is 1. The smallest absolute Gasteiger partial charge is 0.459 e. The summed E-state index contributed by atoms with van der Waals surface area (Å²) in [7, 11) is 0. The number of hydrogen-bond acceptors (Lipinski definition) is 3. The summed E-state index contributed by atoms with van der Waals surface area (Å²) in [5.41, 5.74) is 4.85. The van der Waals surface area contributed by atoms with Gasteiger partial charge in [0, 0.05) is 0 Å². The highest BCUT2D eigenvalue weighted by Crippen LogP contribution is 2.15. The second-order valence-corrected chi connectivity index (χ2v) is 1.63. The summed E-state index contributed by atoms with van der Waals surface area (Å²) in [5, 5.41) is 0. The molecule has 0 atom stereocenters. The molecule has 0 unspecified atom stereocenters. The van der Waals surface area contributed by atoms with Crippen LogP contribution in [-0.4, -0.2) is 25.3 Å². The van der Waals surface area contributed by atoms with Crippen molar-refractivity contribution >= 4 is 5.97 Å². The van der Waals surface area contributed by atoms with Gasteiger partial charge in [-0.25, -0.2) is 4.79 Å². The van der Waals surface area contributed by atoms with Crippen LogP contribution in [-0.2, 0) is 9.53 Å². The zero-order valence-corrected chi connectivity index (χ0v) is 6.94. The predicted molar refractivity (Wildman–Crippen MR) is 37.4 cm³/mol. The van der Waals surface area contributed by atoms with E-state index in [1.165, 1.54) is 6.92 Å². The molecule has 0 aliphatic heterocycles. The Balaban J connectivity index is 0. The van der Waals surface area contributed by atoms with Crippen molar-refractivity contribution in [1.29, 1.82) is 0 Å². The van der Waals surface area contributed by atoms with Crippen molar-refractivity contribution < 1.29 is 22.7 Å². The number of hydrogen-bond donors (Lipinski definition) is 1. The van der Waals surface area contributed by atoms with Gasteiger partial charge in [0.25, 0.3) is 0 Å². The average Bonchev–Trinajstić information content (AvgIpc) is 1.88. The fourth-order valence-electron chi connectivity index (χ4n) is 0.213. The first-order chi connectivity index (χ1) is 5.40. The quantitative estimate of drug-likeness (QED) is 0.625. The Morgan fingerprint density at radius 3 is 1.83 bits per heavy atom. The summed E-state index contributed by atoms with van der Waals surface area (Å²) < 4.78 is 37.1. The molecule has 6 heteroatoms. The highest BCUT2D eigenvalue weighted by Gasteiger charge is 2.40. The van der Waals surface area contributed by atoms with Crippen molar-refractivity contribution in [2.75, 3.05) is 13.2 Å². The van der Waals surface area contributed by atoms with E-state index in [1.807, 2.05) is 6.92 Å². The molecule has 0 aliphatic rings. The monoisotopic (exact) mass is 187 g/mol. The highest BCUT2D eigenvalue weighted by atomic mass is 19.4. The van der Waals surface area contributed by atoms with E-state index in [0.717, 1.165) is 6.54 Å².